The number of aliphatic hydroxyl groups excluding tert-OH is 1. The molecule has 0 saturated carbocycles. The highest BCUT2D eigenvalue weighted by atomic mass is 32.2. The number of aliphatic hydroxyl groups is 1. The third kappa shape index (κ3) is 7.79. The van der Waals surface area contributed by atoms with Gasteiger partial charge in [-0.25, -0.2) is 8.42 Å². The van der Waals surface area contributed by atoms with E-state index in [1.165, 1.54) is 22.5 Å². The van der Waals surface area contributed by atoms with E-state index in [2.05, 4.69) is 16.0 Å². The largest absolute Gasteiger partial charge is 0.454 e. The lowest BCUT2D eigenvalue weighted by atomic mass is 9.85. The molecular weight excluding hydrogens is 488 g/mol. The van der Waals surface area contributed by atoms with E-state index in [0.717, 1.165) is 0 Å². The molecule has 1 aromatic rings. The van der Waals surface area contributed by atoms with E-state index in [0.29, 0.717) is 11.5 Å². The number of nitrogens with one attached hydrogen (secondary N) is 3. The number of ether oxygens (including phenoxy) is 2. The van der Waals surface area contributed by atoms with Crippen molar-refractivity contribution < 1.29 is 32.6 Å². The summed E-state index contributed by atoms with van der Waals surface area (Å²) in [5.74, 6) is -0.00368. The molecule has 0 bridgehead atoms. The number of hydrogen-bond donors (Lipinski definition) is 4. The lowest BCUT2D eigenvalue weighted by Gasteiger charge is -2.33. The van der Waals surface area contributed by atoms with Gasteiger partial charge in [0.25, 0.3) is 0 Å². The molecule has 2 amide bonds. The van der Waals surface area contributed by atoms with Crippen LogP contribution in [0, 0.1) is 11.3 Å². The van der Waals surface area contributed by atoms with Gasteiger partial charge >= 0.3 is 0 Å². The second kappa shape index (κ2) is 12.2. The maximum atomic E-state index is 13.4. The fourth-order valence-electron chi connectivity index (χ4n) is 3.68. The molecule has 36 heavy (non-hydrogen) atoms. The Morgan fingerprint density at radius 1 is 1.08 bits per heavy atom. The molecule has 1 aliphatic heterocycles. The van der Waals surface area contributed by atoms with Crippen molar-refractivity contribution in [1.29, 1.82) is 0 Å². The molecular formula is C24H40N4O7S. The highest BCUT2D eigenvalue weighted by Crippen LogP contribution is 2.34. The molecule has 11 nitrogen and oxygen atoms in total. The number of nitrogens with zero attached hydrogens (tertiary/aromatic N) is 1. The summed E-state index contributed by atoms with van der Waals surface area (Å²) in [7, 11) is -2.35. The Hall–Kier alpha value is -2.41. The number of carbonyl (C=O) groups is 2. The van der Waals surface area contributed by atoms with Gasteiger partial charge < -0.3 is 30.5 Å². The van der Waals surface area contributed by atoms with Crippen LogP contribution in [0.1, 0.15) is 41.5 Å². The van der Waals surface area contributed by atoms with Gasteiger partial charge in [-0.3, -0.25) is 9.59 Å². The fourth-order valence-corrected chi connectivity index (χ4v) is 5.32. The summed E-state index contributed by atoms with van der Waals surface area (Å²) in [5, 5.41) is 19.1. The average Bonchev–Trinajstić information content (AvgIpc) is 3.23. The Morgan fingerprint density at radius 2 is 1.72 bits per heavy atom. The summed E-state index contributed by atoms with van der Waals surface area (Å²) in [5.41, 5.74) is -0.593. The molecule has 3 atom stereocenters. The van der Waals surface area contributed by atoms with E-state index in [4.69, 9.17) is 9.47 Å². The van der Waals surface area contributed by atoms with Gasteiger partial charge in [0.2, 0.25) is 28.6 Å². The fraction of sp³-hybridized carbons (Fsp3) is 0.667. The molecule has 0 spiro atoms. The minimum Gasteiger partial charge on any atom is -0.454 e. The highest BCUT2D eigenvalue weighted by Gasteiger charge is 2.35. The molecule has 1 aliphatic rings. The normalized spacial score (nSPS) is 16.1. The van der Waals surface area contributed by atoms with Crippen LogP contribution < -0.4 is 25.4 Å². The van der Waals surface area contributed by atoms with Crippen molar-refractivity contribution in [3.8, 4) is 11.5 Å². The zero-order valence-electron chi connectivity index (χ0n) is 22.1. The number of likely N-dealkylation sites (N-methyl/N-ethyl adjacent to an activating group) is 1. The van der Waals surface area contributed by atoms with Crippen LogP contribution in [-0.4, -0.2) is 81.3 Å². The van der Waals surface area contributed by atoms with E-state index >= 15 is 0 Å². The number of sulfonamides is 1. The molecule has 1 heterocycles. The first-order chi connectivity index (χ1) is 16.7. The zero-order valence-corrected chi connectivity index (χ0v) is 22.9. The Labute approximate surface area is 214 Å². The Balaban J connectivity index is 2.17. The van der Waals surface area contributed by atoms with Crippen molar-refractivity contribution in [2.75, 3.05) is 33.5 Å². The van der Waals surface area contributed by atoms with Crippen LogP contribution in [0.5, 0.6) is 11.5 Å². The molecule has 12 heteroatoms. The second-order valence-corrected chi connectivity index (χ2v) is 12.4. The Bertz CT molecular complexity index is 1020. The number of benzene rings is 1. The van der Waals surface area contributed by atoms with E-state index < -0.39 is 39.5 Å². The SMILES string of the molecule is CNCC(=O)NC(C(=O)NC(C)C(O)CN(CC(C)C)S(=O)(=O)c1ccc2c(c1)OCO2)C(C)(C)C. The second-order valence-electron chi connectivity index (χ2n) is 10.5. The Morgan fingerprint density at radius 3 is 2.31 bits per heavy atom. The Kier molecular flexibility index (Phi) is 10.1. The monoisotopic (exact) mass is 528 g/mol. The van der Waals surface area contributed by atoms with E-state index in [-0.39, 0.29) is 43.1 Å². The summed E-state index contributed by atoms with van der Waals surface area (Å²) < 4.78 is 38.7. The van der Waals surface area contributed by atoms with Crippen molar-refractivity contribution in [2.24, 2.45) is 11.3 Å². The number of amides is 2. The van der Waals surface area contributed by atoms with Crippen LogP contribution in [0.25, 0.3) is 0 Å². The molecule has 0 fully saturated rings. The summed E-state index contributed by atoms with van der Waals surface area (Å²) in [6.45, 7) is 10.8. The molecule has 0 radical (unpaired) electrons. The van der Waals surface area contributed by atoms with E-state index in [9.17, 15) is 23.1 Å². The summed E-state index contributed by atoms with van der Waals surface area (Å²) in [6, 6.07) is 2.75. The lowest BCUT2D eigenvalue weighted by Crippen LogP contribution is -2.58. The predicted octanol–water partition coefficient (Wildman–Crippen LogP) is 0.678. The van der Waals surface area contributed by atoms with Gasteiger partial charge in [-0.05, 0) is 37.4 Å². The van der Waals surface area contributed by atoms with Gasteiger partial charge in [-0.2, -0.15) is 4.31 Å². The predicted molar refractivity (Wildman–Crippen MR) is 135 cm³/mol. The van der Waals surface area contributed by atoms with Crippen LogP contribution in [0.4, 0.5) is 0 Å². The number of rotatable bonds is 12. The van der Waals surface area contributed by atoms with Gasteiger partial charge in [-0.1, -0.05) is 34.6 Å². The van der Waals surface area contributed by atoms with Crippen LogP contribution in [0.3, 0.4) is 0 Å². The maximum Gasteiger partial charge on any atom is 0.243 e. The average molecular weight is 529 g/mol. The molecule has 3 unspecified atom stereocenters. The molecule has 1 aromatic carbocycles. The van der Waals surface area contributed by atoms with Crippen LogP contribution in [0.2, 0.25) is 0 Å². The topological polar surface area (TPSA) is 146 Å². The van der Waals surface area contributed by atoms with Gasteiger partial charge in [-0.15, -0.1) is 0 Å². The lowest BCUT2D eigenvalue weighted by molar-refractivity contribution is -0.132. The van der Waals surface area contributed by atoms with Gasteiger partial charge in [0.1, 0.15) is 6.04 Å². The molecule has 0 aliphatic carbocycles. The highest BCUT2D eigenvalue weighted by molar-refractivity contribution is 7.89. The third-order valence-electron chi connectivity index (χ3n) is 5.66. The zero-order chi connectivity index (χ0) is 27.3. The van der Waals surface area contributed by atoms with Crippen molar-refractivity contribution in [1.82, 2.24) is 20.3 Å². The minimum atomic E-state index is -3.98. The standard InChI is InChI=1S/C24H40N4O7S/c1-15(2)12-28(36(32,33)17-8-9-19-20(10-17)35-14-34-19)13-18(29)16(3)26-23(31)22(24(4,5)6)27-21(30)11-25-7/h8-10,15-16,18,22,25,29H,11-14H2,1-7H3,(H,26,31)(H,27,30). The van der Waals surface area contributed by atoms with Crippen molar-refractivity contribution >= 4 is 21.8 Å². The van der Waals surface area contributed by atoms with Gasteiger partial charge in [0, 0.05) is 19.2 Å². The summed E-state index contributed by atoms with van der Waals surface area (Å²) >= 11 is 0. The third-order valence-corrected chi connectivity index (χ3v) is 7.49. The van der Waals surface area contributed by atoms with E-state index in [1.807, 2.05) is 34.6 Å². The van der Waals surface area contributed by atoms with Gasteiger partial charge in [0.05, 0.1) is 23.6 Å². The smallest absolute Gasteiger partial charge is 0.243 e. The summed E-state index contributed by atoms with van der Waals surface area (Å²) in [6.07, 6.45) is -1.20. The maximum absolute atomic E-state index is 13.4. The first-order valence-corrected chi connectivity index (χ1v) is 13.4. The van der Waals surface area contributed by atoms with Crippen LogP contribution in [-0.2, 0) is 19.6 Å². The molecule has 0 aromatic heterocycles. The van der Waals surface area contributed by atoms with Crippen molar-refractivity contribution in [3.05, 3.63) is 18.2 Å². The first-order valence-electron chi connectivity index (χ1n) is 12.0. The summed E-state index contributed by atoms with van der Waals surface area (Å²) in [4.78, 5) is 25.1. The number of fused-ring (bicyclic) bond motifs is 1. The number of hydrogen-bond acceptors (Lipinski definition) is 8. The van der Waals surface area contributed by atoms with Gasteiger partial charge in [0.15, 0.2) is 11.5 Å². The van der Waals surface area contributed by atoms with Crippen LogP contribution in [0.15, 0.2) is 23.1 Å². The van der Waals surface area contributed by atoms with Crippen molar-refractivity contribution in [2.45, 2.75) is 64.6 Å². The molecule has 204 valence electrons. The first kappa shape index (κ1) is 29.8. The van der Waals surface area contributed by atoms with E-state index in [1.54, 1.807) is 14.0 Å². The molecule has 4 N–H and O–H groups in total. The quantitative estimate of drug-likeness (QED) is 0.310. The molecule has 0 saturated heterocycles. The minimum absolute atomic E-state index is 0.0152. The molecule has 2 rings (SSSR count). The van der Waals surface area contributed by atoms with Crippen molar-refractivity contribution in [3.63, 3.8) is 0 Å². The van der Waals surface area contributed by atoms with Crippen LogP contribution >= 0.6 is 0 Å². The number of carbonyl (C=O) groups excluding carboxylic acids is 2.